The molecule has 1 N–H and O–H groups in total. The summed E-state index contributed by atoms with van der Waals surface area (Å²) in [6.45, 7) is 4.00. The molecule has 21 heavy (non-hydrogen) atoms. The third-order valence-corrected chi connectivity index (χ3v) is 2.43. The van der Waals surface area contributed by atoms with Crippen molar-refractivity contribution in [1.82, 2.24) is 10.2 Å². The number of carbonyl (C=O) groups excluding carboxylic acids is 4. The Kier molecular flexibility index (Phi) is 10.3. The van der Waals surface area contributed by atoms with Crippen molar-refractivity contribution in [2.24, 2.45) is 0 Å². The van der Waals surface area contributed by atoms with Gasteiger partial charge < -0.3 is 14.8 Å². The molecular formula is C13H21N2O5P. The Morgan fingerprint density at radius 1 is 1.33 bits per heavy atom. The highest BCUT2D eigenvalue weighted by Gasteiger charge is 2.22. The summed E-state index contributed by atoms with van der Waals surface area (Å²) >= 11 is 0. The van der Waals surface area contributed by atoms with Crippen molar-refractivity contribution >= 4 is 33.2 Å². The lowest BCUT2D eigenvalue weighted by Crippen LogP contribution is -2.35. The molecule has 0 aromatic rings. The molecule has 1 rings (SSSR count). The van der Waals surface area contributed by atoms with E-state index in [2.05, 4.69) is 14.6 Å². The second kappa shape index (κ2) is 11.1. The van der Waals surface area contributed by atoms with Crippen LogP contribution in [0.3, 0.4) is 0 Å². The molecule has 0 aromatic heterocycles. The topological polar surface area (TPSA) is 92.8 Å². The van der Waals surface area contributed by atoms with Gasteiger partial charge >= 0.3 is 0 Å². The summed E-state index contributed by atoms with van der Waals surface area (Å²) in [5.41, 5.74) is 0. The summed E-state index contributed by atoms with van der Waals surface area (Å²) in [7, 11) is 2.42. The summed E-state index contributed by atoms with van der Waals surface area (Å²) in [6, 6.07) is -0.515. The highest BCUT2D eigenvalue weighted by Crippen LogP contribution is 2.02. The third-order valence-electron chi connectivity index (χ3n) is 2.43. The van der Waals surface area contributed by atoms with Gasteiger partial charge in [0.15, 0.2) is 0 Å². The molecule has 0 saturated carbocycles. The van der Waals surface area contributed by atoms with Crippen molar-refractivity contribution in [3.63, 3.8) is 0 Å². The molecule has 1 aliphatic heterocycles. The van der Waals surface area contributed by atoms with Crippen LogP contribution in [0.4, 0.5) is 0 Å². The average Bonchev–Trinajstić information content (AvgIpc) is 2.80. The van der Waals surface area contributed by atoms with Crippen LogP contribution in [0.25, 0.3) is 0 Å². The molecule has 3 amide bonds. The SMILES string of the molecule is CC(C=O)NC(=O)CCOCCN1C(=O)C=CC1=O.CP. The zero-order chi connectivity index (χ0) is 16.3. The maximum atomic E-state index is 11.3. The fraction of sp³-hybridized carbons (Fsp3) is 0.538. The maximum absolute atomic E-state index is 11.3. The van der Waals surface area contributed by atoms with Crippen molar-refractivity contribution in [2.75, 3.05) is 26.4 Å². The second-order valence-corrected chi connectivity index (χ2v) is 4.02. The van der Waals surface area contributed by atoms with Crippen molar-refractivity contribution < 1.29 is 23.9 Å². The number of carbonyl (C=O) groups is 4. The summed E-state index contributed by atoms with van der Waals surface area (Å²) in [6.07, 6.45) is 3.17. The predicted molar refractivity (Wildman–Crippen MR) is 80.6 cm³/mol. The zero-order valence-corrected chi connectivity index (χ0v) is 13.4. The Morgan fingerprint density at radius 2 is 1.90 bits per heavy atom. The van der Waals surface area contributed by atoms with E-state index in [0.29, 0.717) is 6.29 Å². The first-order valence-corrected chi connectivity index (χ1v) is 7.63. The van der Waals surface area contributed by atoms with E-state index in [1.807, 2.05) is 6.66 Å². The van der Waals surface area contributed by atoms with E-state index in [1.165, 1.54) is 12.2 Å². The minimum atomic E-state index is -0.515. The summed E-state index contributed by atoms with van der Waals surface area (Å²) in [5.74, 6) is -0.994. The smallest absolute Gasteiger partial charge is 0.253 e. The van der Waals surface area contributed by atoms with Gasteiger partial charge in [-0.05, 0) is 6.92 Å². The molecule has 118 valence electrons. The largest absolute Gasteiger partial charge is 0.379 e. The standard InChI is InChI=1S/C12H16N2O5.CH5P/c1-9(8-15)13-10(16)4-6-19-7-5-14-11(17)2-3-12(14)18;1-2/h2-3,8-9H,4-7H2,1H3,(H,13,16);2H2,1H3. The number of nitrogens with one attached hydrogen (secondary N) is 1. The number of hydrogen-bond acceptors (Lipinski definition) is 5. The van der Waals surface area contributed by atoms with Crippen LogP contribution < -0.4 is 5.32 Å². The predicted octanol–water partition coefficient (Wildman–Crippen LogP) is -0.487. The molecule has 7 nitrogen and oxygen atoms in total. The van der Waals surface area contributed by atoms with Crippen LogP contribution in [0.15, 0.2) is 12.2 Å². The lowest BCUT2D eigenvalue weighted by Gasteiger charge is -2.13. The molecule has 0 fully saturated rings. The number of nitrogens with zero attached hydrogens (tertiary/aromatic N) is 1. The Bertz CT molecular complexity index is 393. The van der Waals surface area contributed by atoms with Gasteiger partial charge in [-0.25, -0.2) is 0 Å². The molecule has 8 heteroatoms. The van der Waals surface area contributed by atoms with Gasteiger partial charge in [0.1, 0.15) is 6.29 Å². The van der Waals surface area contributed by atoms with Gasteiger partial charge in [-0.3, -0.25) is 19.3 Å². The molecule has 0 radical (unpaired) electrons. The van der Waals surface area contributed by atoms with Crippen LogP contribution in [0.5, 0.6) is 0 Å². The quantitative estimate of drug-likeness (QED) is 0.282. The summed E-state index contributed by atoms with van der Waals surface area (Å²) in [4.78, 5) is 45.0. The van der Waals surface area contributed by atoms with Crippen LogP contribution in [0.2, 0.25) is 0 Å². The number of hydrogen-bond donors (Lipinski definition) is 1. The lowest BCUT2D eigenvalue weighted by atomic mass is 10.3. The van der Waals surface area contributed by atoms with Gasteiger partial charge in [-0.2, -0.15) is 0 Å². The van der Waals surface area contributed by atoms with Crippen molar-refractivity contribution in [3.05, 3.63) is 12.2 Å². The van der Waals surface area contributed by atoms with Gasteiger partial charge in [0, 0.05) is 18.6 Å². The van der Waals surface area contributed by atoms with Gasteiger partial charge in [0.05, 0.1) is 25.8 Å². The van der Waals surface area contributed by atoms with Crippen LogP contribution >= 0.6 is 9.24 Å². The molecule has 0 aromatic carbocycles. The summed E-state index contributed by atoms with van der Waals surface area (Å²) in [5, 5.41) is 2.46. The Labute approximate surface area is 126 Å². The van der Waals surface area contributed by atoms with E-state index in [4.69, 9.17) is 4.74 Å². The molecule has 2 unspecified atom stereocenters. The summed E-state index contributed by atoms with van der Waals surface area (Å²) < 4.78 is 5.16. The number of rotatable bonds is 8. The van der Waals surface area contributed by atoms with Crippen molar-refractivity contribution in [1.29, 1.82) is 0 Å². The minimum absolute atomic E-state index is 0.123. The highest BCUT2D eigenvalue weighted by molar-refractivity contribution is 7.15. The van der Waals surface area contributed by atoms with E-state index in [9.17, 15) is 19.2 Å². The number of ether oxygens (including phenoxy) is 1. The second-order valence-electron chi connectivity index (χ2n) is 4.02. The Hall–Kier alpha value is -1.59. The van der Waals surface area contributed by atoms with Crippen LogP contribution in [-0.4, -0.2) is 61.4 Å². The van der Waals surface area contributed by atoms with Crippen molar-refractivity contribution in [2.45, 2.75) is 19.4 Å². The monoisotopic (exact) mass is 316 g/mol. The molecular weight excluding hydrogens is 295 g/mol. The van der Waals surface area contributed by atoms with Crippen molar-refractivity contribution in [3.8, 4) is 0 Å². The van der Waals surface area contributed by atoms with Crippen LogP contribution in [-0.2, 0) is 23.9 Å². The van der Waals surface area contributed by atoms with Crippen LogP contribution in [0.1, 0.15) is 13.3 Å². The Morgan fingerprint density at radius 3 is 2.43 bits per heavy atom. The Balaban J connectivity index is 0.00000191. The number of imide groups is 1. The molecule has 0 spiro atoms. The first kappa shape index (κ1) is 19.4. The first-order chi connectivity index (χ1) is 10.0. The van der Waals surface area contributed by atoms with E-state index < -0.39 is 6.04 Å². The zero-order valence-electron chi connectivity index (χ0n) is 12.2. The lowest BCUT2D eigenvalue weighted by molar-refractivity contribution is -0.138. The normalized spacial score (nSPS) is 14.5. The van der Waals surface area contributed by atoms with Gasteiger partial charge in [0.25, 0.3) is 11.8 Å². The van der Waals surface area contributed by atoms with E-state index >= 15 is 0 Å². The average molecular weight is 316 g/mol. The molecule has 2 atom stereocenters. The first-order valence-electron chi connectivity index (χ1n) is 6.48. The number of amides is 3. The molecule has 0 bridgehead atoms. The van der Waals surface area contributed by atoms with Gasteiger partial charge in [-0.1, -0.05) is 6.66 Å². The molecule has 0 saturated heterocycles. The minimum Gasteiger partial charge on any atom is -0.379 e. The van der Waals surface area contributed by atoms with E-state index in [1.54, 1.807) is 6.92 Å². The van der Waals surface area contributed by atoms with Gasteiger partial charge in [0.2, 0.25) is 5.91 Å². The number of aldehydes is 1. The maximum Gasteiger partial charge on any atom is 0.253 e. The van der Waals surface area contributed by atoms with E-state index in [-0.39, 0.29) is 43.9 Å². The van der Waals surface area contributed by atoms with Gasteiger partial charge in [-0.15, -0.1) is 9.24 Å². The third kappa shape index (κ3) is 7.68. The fourth-order valence-corrected chi connectivity index (χ4v) is 1.43. The fourth-order valence-electron chi connectivity index (χ4n) is 1.43. The molecule has 1 aliphatic rings. The van der Waals surface area contributed by atoms with Crippen LogP contribution in [0, 0.1) is 0 Å². The highest BCUT2D eigenvalue weighted by atomic mass is 31.0. The van der Waals surface area contributed by atoms with E-state index in [0.717, 1.165) is 4.90 Å². The molecule has 1 heterocycles. The molecule has 0 aliphatic carbocycles.